The number of morpholine rings is 1. The quantitative estimate of drug-likeness (QED) is 0.591. The number of barbiturate groups is 1. The van der Waals surface area contributed by atoms with Gasteiger partial charge in [0.1, 0.15) is 0 Å². The van der Waals surface area contributed by atoms with Crippen LogP contribution in [0.25, 0.3) is 0 Å². The van der Waals surface area contributed by atoms with Crippen LogP contribution in [0.3, 0.4) is 0 Å². The van der Waals surface area contributed by atoms with E-state index in [1.54, 1.807) is 12.1 Å². The molecule has 1 aromatic carbocycles. The molecule has 0 aromatic heterocycles. The molecule has 0 bridgehead atoms. The largest absolute Gasteiger partial charge is 0.379 e. The molecule has 0 radical (unpaired) electrons. The normalized spacial score (nSPS) is 21.7. The van der Waals surface area contributed by atoms with Crippen molar-refractivity contribution in [1.29, 1.82) is 0 Å². The van der Waals surface area contributed by atoms with Gasteiger partial charge in [-0.15, -0.1) is 0 Å². The fourth-order valence-electron chi connectivity index (χ4n) is 3.05. The Morgan fingerprint density at radius 1 is 1.19 bits per heavy atom. The Morgan fingerprint density at radius 2 is 1.89 bits per heavy atom. The number of carbonyl (C=O) groups excluding carboxylic acids is 3. The van der Waals surface area contributed by atoms with Crippen LogP contribution in [-0.4, -0.2) is 68.4 Å². The number of benzene rings is 1. The van der Waals surface area contributed by atoms with Gasteiger partial charge in [-0.05, 0) is 24.1 Å². The molecule has 2 heterocycles. The molecule has 2 aliphatic heterocycles. The smallest absolute Gasteiger partial charge is 0.335 e. The molecule has 144 valence electrons. The highest BCUT2D eigenvalue weighted by atomic mass is 16.5. The molecule has 1 atom stereocenters. The minimum Gasteiger partial charge on any atom is -0.379 e. The third-order valence-electron chi connectivity index (χ3n) is 4.71. The molecule has 8 heteroatoms. The van der Waals surface area contributed by atoms with E-state index in [-0.39, 0.29) is 0 Å². The molecule has 0 spiro atoms. The van der Waals surface area contributed by atoms with Crippen LogP contribution in [0.5, 0.6) is 0 Å². The average molecular weight is 372 g/mol. The molecule has 0 aliphatic carbocycles. The number of anilines is 1. The van der Waals surface area contributed by atoms with Crippen LogP contribution in [0, 0.1) is 5.92 Å². The summed E-state index contributed by atoms with van der Waals surface area (Å²) in [6.45, 7) is 6.38. The van der Waals surface area contributed by atoms with Gasteiger partial charge in [0.25, 0.3) is 5.91 Å². The van der Waals surface area contributed by atoms with Gasteiger partial charge in [0.15, 0.2) is 5.92 Å². The Labute approximate surface area is 158 Å². The first-order valence-electron chi connectivity index (χ1n) is 9.18. The maximum atomic E-state index is 12.7. The second-order valence-corrected chi connectivity index (χ2v) is 6.47. The Kier molecular flexibility index (Phi) is 6.31. The van der Waals surface area contributed by atoms with Gasteiger partial charge < -0.3 is 4.74 Å². The van der Waals surface area contributed by atoms with Gasteiger partial charge in [0.05, 0.1) is 25.4 Å². The van der Waals surface area contributed by atoms with Crippen molar-refractivity contribution in [3.63, 3.8) is 0 Å². The van der Waals surface area contributed by atoms with E-state index >= 15 is 0 Å². The maximum Gasteiger partial charge on any atom is 0.335 e. The average Bonchev–Trinajstić information content (AvgIpc) is 2.68. The van der Waals surface area contributed by atoms with Crippen molar-refractivity contribution in [2.75, 3.05) is 44.3 Å². The lowest BCUT2D eigenvalue weighted by atomic mass is 10.1. The Balaban J connectivity index is 1.65. The molecule has 2 saturated heterocycles. The molecule has 2 aliphatic rings. The van der Waals surface area contributed by atoms with E-state index in [4.69, 9.17) is 4.74 Å². The molecule has 1 N–H and O–H groups in total. The third kappa shape index (κ3) is 4.58. The van der Waals surface area contributed by atoms with Crippen molar-refractivity contribution >= 4 is 29.7 Å². The number of aryl methyl sites for hydroxylation is 1. The summed E-state index contributed by atoms with van der Waals surface area (Å²) < 4.78 is 5.29. The van der Waals surface area contributed by atoms with Crippen molar-refractivity contribution in [3.8, 4) is 0 Å². The number of nitrogens with one attached hydrogen (secondary N) is 1. The number of aliphatic imine (C=N–C) groups is 1. The predicted octanol–water partition coefficient (Wildman–Crippen LogP) is 0.851. The first-order chi connectivity index (χ1) is 13.1. The molecule has 4 amide bonds. The summed E-state index contributed by atoms with van der Waals surface area (Å²) in [5, 5.41) is 2.24. The van der Waals surface area contributed by atoms with Crippen molar-refractivity contribution in [1.82, 2.24) is 10.2 Å². The first kappa shape index (κ1) is 19.2. The van der Waals surface area contributed by atoms with Gasteiger partial charge in [0, 0.05) is 25.8 Å². The number of amides is 4. The van der Waals surface area contributed by atoms with Crippen molar-refractivity contribution in [2.45, 2.75) is 13.3 Å². The lowest BCUT2D eigenvalue weighted by Gasteiger charge is -2.28. The van der Waals surface area contributed by atoms with Gasteiger partial charge in [-0.2, -0.15) is 0 Å². The molecule has 8 nitrogen and oxygen atoms in total. The summed E-state index contributed by atoms with van der Waals surface area (Å²) in [7, 11) is 0. The monoisotopic (exact) mass is 372 g/mol. The number of hydrogen-bond donors (Lipinski definition) is 1. The highest BCUT2D eigenvalue weighted by molar-refractivity contribution is 6.32. The molecule has 0 unspecified atom stereocenters. The molecule has 2 fully saturated rings. The number of ether oxygens (including phenoxy) is 1. The van der Waals surface area contributed by atoms with Crippen LogP contribution in [0.2, 0.25) is 0 Å². The number of urea groups is 1. The Hall–Kier alpha value is -2.58. The fourth-order valence-corrected chi connectivity index (χ4v) is 3.05. The van der Waals surface area contributed by atoms with Gasteiger partial charge in [-0.3, -0.25) is 24.8 Å². The third-order valence-corrected chi connectivity index (χ3v) is 4.71. The van der Waals surface area contributed by atoms with Crippen LogP contribution in [0.15, 0.2) is 29.3 Å². The highest BCUT2D eigenvalue weighted by Gasteiger charge is 2.40. The summed E-state index contributed by atoms with van der Waals surface area (Å²) in [5.41, 5.74) is 1.54. The number of carbonyl (C=O) groups is 3. The van der Waals surface area contributed by atoms with Crippen LogP contribution >= 0.6 is 0 Å². The molecule has 3 rings (SSSR count). The summed E-state index contributed by atoms with van der Waals surface area (Å²) in [6.07, 6.45) is 2.20. The zero-order valence-corrected chi connectivity index (χ0v) is 15.4. The van der Waals surface area contributed by atoms with E-state index in [1.165, 1.54) is 6.21 Å². The second kappa shape index (κ2) is 8.88. The van der Waals surface area contributed by atoms with Crippen LogP contribution < -0.4 is 10.2 Å². The predicted molar refractivity (Wildman–Crippen MR) is 101 cm³/mol. The van der Waals surface area contributed by atoms with Gasteiger partial charge in [-0.25, -0.2) is 9.69 Å². The Morgan fingerprint density at radius 3 is 2.56 bits per heavy atom. The number of rotatable bonds is 6. The van der Waals surface area contributed by atoms with Crippen LogP contribution in [-0.2, 0) is 20.7 Å². The summed E-state index contributed by atoms with van der Waals surface area (Å²) in [5.74, 6) is -2.32. The lowest BCUT2D eigenvalue weighted by molar-refractivity contribution is -0.131. The number of nitrogens with zero attached hydrogens (tertiary/aromatic N) is 3. The summed E-state index contributed by atoms with van der Waals surface area (Å²) in [4.78, 5) is 44.4. The number of hydrogen-bond acceptors (Lipinski definition) is 6. The topological polar surface area (TPSA) is 91.3 Å². The molecule has 27 heavy (non-hydrogen) atoms. The molecular weight excluding hydrogens is 348 g/mol. The standard InChI is InChI=1S/C19H24N4O4/c1-2-14-3-5-15(6-4-14)23-18(25)16(17(24)21-19(23)26)13-20-7-8-22-9-11-27-12-10-22/h3-6,13,16H,2,7-12H2,1H3,(H,21,24,26)/t16-/m1/s1. The second-order valence-electron chi connectivity index (χ2n) is 6.47. The zero-order chi connectivity index (χ0) is 19.2. The van der Waals surface area contributed by atoms with Crippen LogP contribution in [0.1, 0.15) is 12.5 Å². The van der Waals surface area contributed by atoms with Gasteiger partial charge in [-0.1, -0.05) is 19.1 Å². The zero-order valence-electron chi connectivity index (χ0n) is 15.4. The highest BCUT2D eigenvalue weighted by Crippen LogP contribution is 2.21. The van der Waals surface area contributed by atoms with E-state index in [1.807, 2.05) is 19.1 Å². The minimum absolute atomic E-state index is 0.439. The van der Waals surface area contributed by atoms with Crippen molar-refractivity contribution in [3.05, 3.63) is 29.8 Å². The Bertz CT molecular complexity index is 726. The van der Waals surface area contributed by atoms with Crippen molar-refractivity contribution < 1.29 is 19.1 Å². The van der Waals surface area contributed by atoms with E-state index in [2.05, 4.69) is 15.2 Å². The van der Waals surface area contributed by atoms with Crippen molar-refractivity contribution in [2.24, 2.45) is 10.9 Å². The van der Waals surface area contributed by atoms with Gasteiger partial charge >= 0.3 is 6.03 Å². The maximum absolute atomic E-state index is 12.7. The van der Waals surface area contributed by atoms with Gasteiger partial charge in [0.2, 0.25) is 5.91 Å². The van der Waals surface area contributed by atoms with E-state index < -0.39 is 23.8 Å². The van der Waals surface area contributed by atoms with Crippen LogP contribution in [0.4, 0.5) is 10.5 Å². The summed E-state index contributed by atoms with van der Waals surface area (Å²) in [6, 6.07) is 6.40. The van der Waals surface area contributed by atoms with E-state index in [0.29, 0.717) is 25.4 Å². The molecule has 0 saturated carbocycles. The summed E-state index contributed by atoms with van der Waals surface area (Å²) >= 11 is 0. The fraction of sp³-hybridized carbons (Fsp3) is 0.474. The first-order valence-corrected chi connectivity index (χ1v) is 9.18. The minimum atomic E-state index is -1.10. The molecule has 1 aromatic rings. The SMILES string of the molecule is CCc1ccc(N2C(=O)NC(=O)[C@@H](C=NCCN3CCOCC3)C2=O)cc1. The molecular formula is C19H24N4O4. The van der Waals surface area contributed by atoms with E-state index in [0.717, 1.165) is 36.5 Å². The van der Waals surface area contributed by atoms with E-state index in [9.17, 15) is 14.4 Å². The number of imide groups is 2. The lowest BCUT2D eigenvalue weighted by Crippen LogP contribution is -2.58.